The second-order valence-electron chi connectivity index (χ2n) is 4.69. The lowest BCUT2D eigenvalue weighted by Crippen LogP contribution is -2.09. The van der Waals surface area contributed by atoms with E-state index in [1.165, 1.54) is 0 Å². The van der Waals surface area contributed by atoms with E-state index in [2.05, 4.69) is 10.3 Å². The number of aliphatic carboxylic acids is 1. The van der Waals surface area contributed by atoms with Gasteiger partial charge in [-0.3, -0.25) is 4.98 Å². The summed E-state index contributed by atoms with van der Waals surface area (Å²) in [7, 11) is 0. The van der Waals surface area contributed by atoms with Crippen molar-refractivity contribution in [1.29, 1.82) is 0 Å². The summed E-state index contributed by atoms with van der Waals surface area (Å²) in [5.74, 6) is -0.408. The number of anilines is 1. The van der Waals surface area contributed by atoms with E-state index in [1.807, 2.05) is 31.2 Å². The highest BCUT2D eigenvalue weighted by Crippen LogP contribution is 2.13. The minimum atomic E-state index is -0.976. The summed E-state index contributed by atoms with van der Waals surface area (Å²) in [5, 5.41) is 11.9. The molecule has 0 amide bonds. The average Bonchev–Trinajstić information content (AvgIpc) is 2.46. The van der Waals surface area contributed by atoms with E-state index in [0.29, 0.717) is 5.75 Å². The van der Waals surface area contributed by atoms with Gasteiger partial charge in [-0.15, -0.1) is 0 Å². The number of benzene rings is 1. The molecular formula is C16H18N2O3. The standard InChI is InChI=1S/C16H18N2O3/c1-12-10-14(7-9-17-12)18-8-6-13-2-4-15(5-3-13)21-11-16(19)20/h2-5,7,9-10H,6,8,11H2,1H3,(H,17,18)(H,19,20). The van der Waals surface area contributed by atoms with Crippen LogP contribution < -0.4 is 10.1 Å². The number of carbonyl (C=O) groups is 1. The largest absolute Gasteiger partial charge is 0.482 e. The van der Waals surface area contributed by atoms with Crippen LogP contribution in [0.3, 0.4) is 0 Å². The topological polar surface area (TPSA) is 71.5 Å². The van der Waals surface area contributed by atoms with Crippen LogP contribution in [0.15, 0.2) is 42.6 Å². The fraction of sp³-hybridized carbons (Fsp3) is 0.250. The number of hydrogen-bond acceptors (Lipinski definition) is 4. The smallest absolute Gasteiger partial charge is 0.341 e. The first-order valence-electron chi connectivity index (χ1n) is 6.73. The molecule has 0 unspecified atom stereocenters. The van der Waals surface area contributed by atoms with Crippen LogP contribution in [0.2, 0.25) is 0 Å². The molecule has 0 spiro atoms. The van der Waals surface area contributed by atoms with E-state index in [0.717, 1.165) is 29.9 Å². The SMILES string of the molecule is Cc1cc(NCCc2ccc(OCC(=O)O)cc2)ccn1. The quantitative estimate of drug-likeness (QED) is 0.818. The summed E-state index contributed by atoms with van der Waals surface area (Å²) in [6.07, 6.45) is 2.66. The van der Waals surface area contributed by atoms with Crippen LogP contribution in [0.25, 0.3) is 0 Å². The second-order valence-corrected chi connectivity index (χ2v) is 4.69. The Balaban J connectivity index is 1.79. The van der Waals surface area contributed by atoms with Gasteiger partial charge in [-0.1, -0.05) is 12.1 Å². The summed E-state index contributed by atoms with van der Waals surface area (Å²) in [6.45, 7) is 2.46. The maximum atomic E-state index is 10.4. The molecule has 0 fully saturated rings. The summed E-state index contributed by atoms with van der Waals surface area (Å²) in [6, 6.07) is 11.4. The van der Waals surface area contributed by atoms with Crippen LogP contribution >= 0.6 is 0 Å². The lowest BCUT2D eigenvalue weighted by atomic mass is 10.1. The molecule has 0 atom stereocenters. The molecule has 0 aliphatic rings. The molecule has 110 valence electrons. The Labute approximate surface area is 123 Å². The van der Waals surface area contributed by atoms with Gasteiger partial charge in [-0.05, 0) is 43.2 Å². The lowest BCUT2D eigenvalue weighted by Gasteiger charge is -2.08. The van der Waals surface area contributed by atoms with Crippen molar-refractivity contribution in [2.45, 2.75) is 13.3 Å². The maximum Gasteiger partial charge on any atom is 0.341 e. The highest BCUT2D eigenvalue weighted by atomic mass is 16.5. The second kappa shape index (κ2) is 7.28. The molecule has 0 saturated heterocycles. The minimum Gasteiger partial charge on any atom is -0.482 e. The third-order valence-electron chi connectivity index (χ3n) is 2.93. The molecule has 0 saturated carbocycles. The zero-order chi connectivity index (χ0) is 15.1. The molecule has 0 aliphatic carbocycles. The maximum absolute atomic E-state index is 10.4. The molecule has 0 aliphatic heterocycles. The summed E-state index contributed by atoms with van der Waals surface area (Å²) >= 11 is 0. The van der Waals surface area contributed by atoms with Gasteiger partial charge in [-0.2, -0.15) is 0 Å². The van der Waals surface area contributed by atoms with E-state index in [9.17, 15) is 4.79 Å². The molecule has 2 aromatic rings. The van der Waals surface area contributed by atoms with Crippen LogP contribution in [-0.2, 0) is 11.2 Å². The minimum absolute atomic E-state index is 0.317. The number of rotatable bonds is 7. The predicted molar refractivity (Wildman–Crippen MR) is 80.7 cm³/mol. The Morgan fingerprint density at radius 1 is 1.29 bits per heavy atom. The first-order valence-corrected chi connectivity index (χ1v) is 6.73. The van der Waals surface area contributed by atoms with Crippen LogP contribution in [0.5, 0.6) is 5.75 Å². The highest BCUT2D eigenvalue weighted by Gasteiger charge is 2.00. The Kier molecular flexibility index (Phi) is 5.15. The third-order valence-corrected chi connectivity index (χ3v) is 2.93. The molecule has 1 heterocycles. The number of carboxylic acid groups (broad SMARTS) is 1. The number of aromatic nitrogens is 1. The van der Waals surface area contributed by atoms with Gasteiger partial charge in [0.25, 0.3) is 0 Å². The van der Waals surface area contributed by atoms with E-state index < -0.39 is 5.97 Å². The van der Waals surface area contributed by atoms with Crippen LogP contribution in [0, 0.1) is 6.92 Å². The van der Waals surface area contributed by atoms with Gasteiger partial charge < -0.3 is 15.2 Å². The van der Waals surface area contributed by atoms with Gasteiger partial charge in [0.2, 0.25) is 0 Å². The van der Waals surface area contributed by atoms with E-state index in [4.69, 9.17) is 9.84 Å². The summed E-state index contributed by atoms with van der Waals surface area (Å²) < 4.78 is 5.09. The number of nitrogens with one attached hydrogen (secondary N) is 1. The molecular weight excluding hydrogens is 268 g/mol. The Hall–Kier alpha value is -2.56. The van der Waals surface area contributed by atoms with Crippen molar-refractivity contribution in [1.82, 2.24) is 4.98 Å². The number of aryl methyl sites for hydroxylation is 1. The summed E-state index contributed by atoms with van der Waals surface area (Å²) in [4.78, 5) is 14.6. The number of carboxylic acids is 1. The normalized spacial score (nSPS) is 10.1. The monoisotopic (exact) mass is 286 g/mol. The zero-order valence-electron chi connectivity index (χ0n) is 11.9. The Morgan fingerprint density at radius 2 is 2.05 bits per heavy atom. The van der Waals surface area contributed by atoms with Crippen LogP contribution in [0.1, 0.15) is 11.3 Å². The number of hydrogen-bond donors (Lipinski definition) is 2. The lowest BCUT2D eigenvalue weighted by molar-refractivity contribution is -0.139. The fourth-order valence-electron chi connectivity index (χ4n) is 1.90. The molecule has 0 radical (unpaired) electrons. The fourth-order valence-corrected chi connectivity index (χ4v) is 1.90. The van der Waals surface area contributed by atoms with E-state index in [1.54, 1.807) is 18.3 Å². The van der Waals surface area contributed by atoms with Crippen molar-refractivity contribution in [2.75, 3.05) is 18.5 Å². The molecule has 5 nitrogen and oxygen atoms in total. The molecule has 0 bridgehead atoms. The first kappa shape index (κ1) is 14.8. The van der Waals surface area contributed by atoms with Crippen LogP contribution in [-0.4, -0.2) is 29.2 Å². The number of nitrogens with zero attached hydrogens (tertiary/aromatic N) is 1. The molecule has 1 aromatic heterocycles. The van der Waals surface area contributed by atoms with Crippen LogP contribution in [0.4, 0.5) is 5.69 Å². The van der Waals surface area contributed by atoms with Gasteiger partial charge >= 0.3 is 5.97 Å². The van der Waals surface area contributed by atoms with Gasteiger partial charge in [0.15, 0.2) is 6.61 Å². The van der Waals surface area contributed by atoms with Crippen molar-refractivity contribution in [2.24, 2.45) is 0 Å². The molecule has 2 N–H and O–H groups in total. The molecule has 21 heavy (non-hydrogen) atoms. The van der Waals surface area contributed by atoms with Gasteiger partial charge in [0.05, 0.1) is 0 Å². The van der Waals surface area contributed by atoms with Crippen molar-refractivity contribution < 1.29 is 14.6 Å². The predicted octanol–water partition coefficient (Wildman–Crippen LogP) is 2.51. The van der Waals surface area contributed by atoms with Crippen molar-refractivity contribution in [3.8, 4) is 5.75 Å². The average molecular weight is 286 g/mol. The Bertz CT molecular complexity index is 597. The molecule has 5 heteroatoms. The number of pyridine rings is 1. The Morgan fingerprint density at radius 3 is 2.71 bits per heavy atom. The third kappa shape index (κ3) is 5.14. The van der Waals surface area contributed by atoms with Crippen molar-refractivity contribution in [3.63, 3.8) is 0 Å². The van der Waals surface area contributed by atoms with Crippen molar-refractivity contribution >= 4 is 11.7 Å². The zero-order valence-corrected chi connectivity index (χ0v) is 11.9. The van der Waals surface area contributed by atoms with Crippen molar-refractivity contribution in [3.05, 3.63) is 53.9 Å². The van der Waals surface area contributed by atoms with Gasteiger partial charge in [0, 0.05) is 24.1 Å². The van der Waals surface area contributed by atoms with Gasteiger partial charge in [0.1, 0.15) is 5.75 Å². The molecule has 1 aromatic carbocycles. The van der Waals surface area contributed by atoms with Gasteiger partial charge in [-0.25, -0.2) is 4.79 Å². The molecule has 2 rings (SSSR count). The number of ether oxygens (including phenoxy) is 1. The van der Waals surface area contributed by atoms with E-state index >= 15 is 0 Å². The van der Waals surface area contributed by atoms with E-state index in [-0.39, 0.29) is 6.61 Å². The summed E-state index contributed by atoms with van der Waals surface area (Å²) in [5.41, 5.74) is 3.21. The highest BCUT2D eigenvalue weighted by molar-refractivity contribution is 5.68. The first-order chi connectivity index (χ1) is 10.1.